The summed E-state index contributed by atoms with van der Waals surface area (Å²) < 4.78 is 21.6. The molecule has 2 aliphatic rings. The maximum Gasteiger partial charge on any atom is 0.342 e. The number of para-hydroxylation sites is 1. The van der Waals surface area contributed by atoms with Gasteiger partial charge in [0.1, 0.15) is 25.4 Å². The van der Waals surface area contributed by atoms with Crippen molar-refractivity contribution in [2.75, 3.05) is 26.4 Å². The van der Waals surface area contributed by atoms with Crippen molar-refractivity contribution in [1.29, 1.82) is 0 Å². The first-order valence-electron chi connectivity index (χ1n) is 6.52. The minimum absolute atomic E-state index is 0.0284. The van der Waals surface area contributed by atoms with Crippen LogP contribution < -0.4 is 9.47 Å². The van der Waals surface area contributed by atoms with Gasteiger partial charge in [-0.3, -0.25) is 0 Å². The second-order valence-electron chi connectivity index (χ2n) is 4.56. The minimum atomic E-state index is -0.391. The van der Waals surface area contributed by atoms with Gasteiger partial charge in [-0.15, -0.1) is 0 Å². The van der Waals surface area contributed by atoms with Crippen molar-refractivity contribution in [2.45, 2.75) is 18.9 Å². The van der Waals surface area contributed by atoms with E-state index < -0.39 is 5.97 Å². The van der Waals surface area contributed by atoms with E-state index in [0.717, 1.165) is 19.4 Å². The van der Waals surface area contributed by atoms with Crippen molar-refractivity contribution in [2.24, 2.45) is 0 Å². The molecule has 1 aromatic carbocycles. The van der Waals surface area contributed by atoms with E-state index in [4.69, 9.17) is 18.9 Å². The molecule has 0 spiro atoms. The van der Waals surface area contributed by atoms with E-state index in [1.807, 2.05) is 0 Å². The second kappa shape index (κ2) is 5.48. The number of esters is 1. The first kappa shape index (κ1) is 12.3. The van der Waals surface area contributed by atoms with E-state index in [1.165, 1.54) is 0 Å². The van der Waals surface area contributed by atoms with Crippen LogP contribution in [-0.4, -0.2) is 38.5 Å². The van der Waals surface area contributed by atoms with Gasteiger partial charge in [-0.25, -0.2) is 4.79 Å². The molecule has 0 N–H and O–H groups in total. The molecular formula is C14H16O5. The lowest BCUT2D eigenvalue weighted by atomic mass is 10.2. The Bertz CT molecular complexity index is 465. The maximum absolute atomic E-state index is 12.1. The molecule has 0 bridgehead atoms. The SMILES string of the molecule is O=C(OCC1CCCO1)c1cccc2c1OCCO2. The highest BCUT2D eigenvalue weighted by Gasteiger charge is 2.23. The molecule has 1 fully saturated rings. The normalized spacial score (nSPS) is 21.2. The predicted octanol–water partition coefficient (Wildman–Crippen LogP) is 1.79. The van der Waals surface area contributed by atoms with Crippen LogP contribution in [-0.2, 0) is 9.47 Å². The van der Waals surface area contributed by atoms with Crippen LogP contribution in [0.25, 0.3) is 0 Å². The molecule has 5 heteroatoms. The molecule has 1 unspecified atom stereocenters. The lowest BCUT2D eigenvalue weighted by Crippen LogP contribution is -2.21. The molecule has 0 radical (unpaired) electrons. The molecule has 5 nitrogen and oxygen atoms in total. The topological polar surface area (TPSA) is 54.0 Å². The monoisotopic (exact) mass is 264 g/mol. The molecule has 3 rings (SSSR count). The average molecular weight is 264 g/mol. The van der Waals surface area contributed by atoms with Gasteiger partial charge in [0.15, 0.2) is 11.5 Å². The summed E-state index contributed by atoms with van der Waals surface area (Å²) in [7, 11) is 0. The number of hydrogen-bond donors (Lipinski definition) is 0. The molecule has 0 amide bonds. The standard InChI is InChI=1S/C14H16O5/c15-14(19-9-10-3-2-6-16-10)11-4-1-5-12-13(11)18-8-7-17-12/h1,4-5,10H,2-3,6-9H2. The summed E-state index contributed by atoms with van der Waals surface area (Å²) in [6.07, 6.45) is 2.00. The summed E-state index contributed by atoms with van der Waals surface area (Å²) in [5.41, 5.74) is 0.412. The Morgan fingerprint density at radius 2 is 2.16 bits per heavy atom. The highest BCUT2D eigenvalue weighted by Crippen LogP contribution is 2.34. The minimum Gasteiger partial charge on any atom is -0.486 e. The summed E-state index contributed by atoms with van der Waals surface area (Å²) in [4.78, 5) is 12.1. The summed E-state index contributed by atoms with van der Waals surface area (Å²) in [5, 5.41) is 0. The van der Waals surface area contributed by atoms with Crippen LogP contribution in [0.15, 0.2) is 18.2 Å². The molecular weight excluding hydrogens is 248 g/mol. The third-order valence-corrected chi connectivity index (χ3v) is 3.21. The smallest absolute Gasteiger partial charge is 0.342 e. The zero-order valence-electron chi connectivity index (χ0n) is 10.6. The number of ether oxygens (including phenoxy) is 4. The Kier molecular flexibility index (Phi) is 3.55. The van der Waals surface area contributed by atoms with Crippen molar-refractivity contribution >= 4 is 5.97 Å². The fourth-order valence-corrected chi connectivity index (χ4v) is 2.26. The van der Waals surface area contributed by atoms with Crippen LogP contribution in [0.2, 0.25) is 0 Å². The van der Waals surface area contributed by atoms with Crippen molar-refractivity contribution in [3.63, 3.8) is 0 Å². The summed E-state index contributed by atoms with van der Waals surface area (Å²) in [6, 6.07) is 5.23. The van der Waals surface area contributed by atoms with Gasteiger partial charge in [-0.05, 0) is 25.0 Å². The molecule has 0 aliphatic carbocycles. The third-order valence-electron chi connectivity index (χ3n) is 3.21. The van der Waals surface area contributed by atoms with Crippen LogP contribution in [0.3, 0.4) is 0 Å². The van der Waals surface area contributed by atoms with E-state index in [2.05, 4.69) is 0 Å². The fourth-order valence-electron chi connectivity index (χ4n) is 2.26. The molecule has 0 aromatic heterocycles. The second-order valence-corrected chi connectivity index (χ2v) is 4.56. The highest BCUT2D eigenvalue weighted by atomic mass is 16.6. The first-order chi connectivity index (χ1) is 9.34. The third kappa shape index (κ3) is 2.66. The lowest BCUT2D eigenvalue weighted by molar-refractivity contribution is 0.0156. The number of fused-ring (bicyclic) bond motifs is 1. The summed E-state index contributed by atoms with van der Waals surface area (Å²) in [6.45, 7) is 1.99. The van der Waals surface area contributed by atoms with Crippen LogP contribution in [0.1, 0.15) is 23.2 Å². The molecule has 1 aromatic rings. The Morgan fingerprint density at radius 3 is 3.00 bits per heavy atom. The molecule has 102 valence electrons. The van der Waals surface area contributed by atoms with Gasteiger partial charge >= 0.3 is 5.97 Å². The molecule has 1 atom stereocenters. The van der Waals surface area contributed by atoms with Gasteiger partial charge in [-0.1, -0.05) is 6.07 Å². The Hall–Kier alpha value is -1.75. The Morgan fingerprint density at radius 1 is 1.26 bits per heavy atom. The van der Waals surface area contributed by atoms with Gasteiger partial charge in [0, 0.05) is 6.61 Å². The Labute approximate surface area is 111 Å². The van der Waals surface area contributed by atoms with Gasteiger partial charge in [0.25, 0.3) is 0 Å². The maximum atomic E-state index is 12.1. The van der Waals surface area contributed by atoms with Crippen molar-refractivity contribution < 1.29 is 23.7 Å². The van der Waals surface area contributed by atoms with Crippen molar-refractivity contribution in [3.8, 4) is 11.5 Å². The number of rotatable bonds is 3. The molecule has 1 saturated heterocycles. The number of hydrogen-bond acceptors (Lipinski definition) is 5. The highest BCUT2D eigenvalue weighted by molar-refractivity contribution is 5.93. The van der Waals surface area contributed by atoms with Gasteiger partial charge in [-0.2, -0.15) is 0 Å². The molecule has 2 aliphatic heterocycles. The molecule has 19 heavy (non-hydrogen) atoms. The fraction of sp³-hybridized carbons (Fsp3) is 0.500. The molecule has 0 saturated carbocycles. The van der Waals surface area contributed by atoms with Crippen LogP contribution in [0.4, 0.5) is 0 Å². The zero-order chi connectivity index (χ0) is 13.1. The van der Waals surface area contributed by atoms with E-state index in [1.54, 1.807) is 18.2 Å². The van der Waals surface area contributed by atoms with Crippen molar-refractivity contribution in [3.05, 3.63) is 23.8 Å². The lowest BCUT2D eigenvalue weighted by Gasteiger charge is -2.20. The van der Waals surface area contributed by atoms with Gasteiger partial charge in [0.2, 0.25) is 0 Å². The first-order valence-corrected chi connectivity index (χ1v) is 6.52. The van der Waals surface area contributed by atoms with Crippen molar-refractivity contribution in [1.82, 2.24) is 0 Å². The number of carbonyl (C=O) groups excluding carboxylic acids is 1. The number of carbonyl (C=O) groups is 1. The van der Waals surface area contributed by atoms with Crippen LogP contribution in [0, 0.1) is 0 Å². The van der Waals surface area contributed by atoms with E-state index in [0.29, 0.717) is 36.9 Å². The summed E-state index contributed by atoms with van der Waals surface area (Å²) >= 11 is 0. The largest absolute Gasteiger partial charge is 0.486 e. The van der Waals surface area contributed by atoms with E-state index in [-0.39, 0.29) is 6.10 Å². The van der Waals surface area contributed by atoms with E-state index >= 15 is 0 Å². The zero-order valence-corrected chi connectivity index (χ0v) is 10.6. The summed E-state index contributed by atoms with van der Waals surface area (Å²) in [5.74, 6) is 0.682. The van der Waals surface area contributed by atoms with Gasteiger partial charge < -0.3 is 18.9 Å². The quantitative estimate of drug-likeness (QED) is 0.779. The van der Waals surface area contributed by atoms with Crippen LogP contribution >= 0.6 is 0 Å². The Balaban J connectivity index is 1.68. The van der Waals surface area contributed by atoms with Crippen LogP contribution in [0.5, 0.6) is 11.5 Å². The van der Waals surface area contributed by atoms with E-state index in [9.17, 15) is 4.79 Å². The average Bonchev–Trinajstić information content (AvgIpc) is 2.97. The molecule has 2 heterocycles. The number of benzene rings is 1. The van der Waals surface area contributed by atoms with Gasteiger partial charge in [0.05, 0.1) is 6.10 Å². The predicted molar refractivity (Wildman–Crippen MR) is 66.7 cm³/mol.